The number of thiazole rings is 1. The zero-order valence-electron chi connectivity index (χ0n) is 8.44. The van der Waals surface area contributed by atoms with Crippen LogP contribution < -0.4 is 0 Å². The van der Waals surface area contributed by atoms with E-state index in [1.807, 2.05) is 0 Å². The molecular weight excluding hydrogens is 198 g/mol. The van der Waals surface area contributed by atoms with Gasteiger partial charge in [-0.25, -0.2) is 9.78 Å². The monoisotopic (exact) mass is 211 g/mol. The Morgan fingerprint density at radius 2 is 2.21 bits per heavy atom. The van der Waals surface area contributed by atoms with E-state index in [-0.39, 0.29) is 5.41 Å². The van der Waals surface area contributed by atoms with Crippen LogP contribution in [0, 0.1) is 0 Å². The maximum absolute atomic E-state index is 10.3. The van der Waals surface area contributed by atoms with Crippen LogP contribution in [0.2, 0.25) is 0 Å². The molecule has 0 aliphatic heterocycles. The van der Waals surface area contributed by atoms with Gasteiger partial charge in [-0.2, -0.15) is 0 Å². The van der Waals surface area contributed by atoms with Crippen molar-refractivity contribution in [3.63, 3.8) is 0 Å². The minimum absolute atomic E-state index is 0.0278. The van der Waals surface area contributed by atoms with Gasteiger partial charge in [0.1, 0.15) is 0 Å². The van der Waals surface area contributed by atoms with Crippen LogP contribution in [0.3, 0.4) is 0 Å². The topological polar surface area (TPSA) is 50.2 Å². The molecule has 76 valence electrons. The largest absolute Gasteiger partial charge is 0.478 e. The maximum atomic E-state index is 10.3. The fourth-order valence-electron chi connectivity index (χ4n) is 0.864. The first kappa shape index (κ1) is 10.9. The van der Waals surface area contributed by atoms with Gasteiger partial charge >= 0.3 is 5.97 Å². The molecule has 0 saturated heterocycles. The van der Waals surface area contributed by atoms with Crippen LogP contribution in [0.15, 0.2) is 12.3 Å². The molecule has 4 heteroatoms. The molecule has 1 N–H and O–H groups in total. The lowest BCUT2D eigenvalue weighted by atomic mass is 9.98. The summed E-state index contributed by atoms with van der Waals surface area (Å²) in [6.07, 6.45) is 4.39. The van der Waals surface area contributed by atoms with Gasteiger partial charge in [-0.1, -0.05) is 20.8 Å². The molecule has 0 radical (unpaired) electrons. The number of carboxylic acid groups (broad SMARTS) is 1. The number of nitrogens with zero attached hydrogens (tertiary/aromatic N) is 1. The van der Waals surface area contributed by atoms with Crippen molar-refractivity contribution in [1.82, 2.24) is 4.98 Å². The third-order valence-corrected chi connectivity index (χ3v) is 2.94. The number of carbonyl (C=O) groups is 1. The highest BCUT2D eigenvalue weighted by atomic mass is 32.1. The van der Waals surface area contributed by atoms with Crippen molar-refractivity contribution in [2.75, 3.05) is 0 Å². The molecule has 3 nitrogen and oxygen atoms in total. The summed E-state index contributed by atoms with van der Waals surface area (Å²) in [6, 6.07) is 0. The van der Waals surface area contributed by atoms with Crippen LogP contribution in [-0.4, -0.2) is 16.1 Å². The predicted octanol–water partition coefficient (Wildman–Crippen LogP) is 2.54. The summed E-state index contributed by atoms with van der Waals surface area (Å²) in [4.78, 5) is 15.4. The van der Waals surface area contributed by atoms with Crippen LogP contribution in [0.5, 0.6) is 0 Å². The summed E-state index contributed by atoms with van der Waals surface area (Å²) in [5, 5.41) is 9.46. The van der Waals surface area contributed by atoms with E-state index in [0.29, 0.717) is 0 Å². The Labute approximate surface area is 87.1 Å². The van der Waals surface area contributed by atoms with E-state index in [0.717, 1.165) is 16.0 Å². The van der Waals surface area contributed by atoms with Gasteiger partial charge in [-0.15, -0.1) is 11.3 Å². The second-order valence-electron chi connectivity index (χ2n) is 3.99. The molecule has 1 aromatic rings. The first-order valence-corrected chi connectivity index (χ1v) is 5.08. The molecule has 0 bridgehead atoms. The Morgan fingerprint density at radius 1 is 1.57 bits per heavy atom. The van der Waals surface area contributed by atoms with Gasteiger partial charge in [0.15, 0.2) is 0 Å². The number of hydrogen-bond donors (Lipinski definition) is 1. The van der Waals surface area contributed by atoms with E-state index < -0.39 is 5.97 Å². The molecular formula is C10H13NO2S. The molecule has 0 fully saturated rings. The number of rotatable bonds is 2. The van der Waals surface area contributed by atoms with Gasteiger partial charge in [0.25, 0.3) is 0 Å². The van der Waals surface area contributed by atoms with E-state index in [4.69, 9.17) is 5.11 Å². The molecule has 0 saturated carbocycles. The second-order valence-corrected chi connectivity index (χ2v) is 5.05. The molecule has 1 rings (SSSR count). The second kappa shape index (κ2) is 3.92. The molecule has 0 spiro atoms. The lowest BCUT2D eigenvalue weighted by Crippen LogP contribution is -2.09. The molecule has 0 unspecified atom stereocenters. The third kappa shape index (κ3) is 2.96. The summed E-state index contributed by atoms with van der Waals surface area (Å²) < 4.78 is 0. The lowest BCUT2D eigenvalue weighted by molar-refractivity contribution is -0.131. The summed E-state index contributed by atoms with van der Waals surface area (Å²) in [5.41, 5.74) is 0.0278. The zero-order valence-corrected chi connectivity index (χ0v) is 9.26. The minimum atomic E-state index is -0.935. The summed E-state index contributed by atoms with van der Waals surface area (Å²) in [6.45, 7) is 6.24. The summed E-state index contributed by atoms with van der Waals surface area (Å²) in [5.74, 6) is -0.935. The van der Waals surface area contributed by atoms with Gasteiger partial charge in [0, 0.05) is 22.6 Å². The van der Waals surface area contributed by atoms with Crippen LogP contribution in [0.25, 0.3) is 6.08 Å². The first-order chi connectivity index (χ1) is 6.39. The molecule has 0 aliphatic rings. The summed E-state index contributed by atoms with van der Waals surface area (Å²) >= 11 is 1.52. The lowest BCUT2D eigenvalue weighted by Gasteiger charge is -2.13. The third-order valence-electron chi connectivity index (χ3n) is 1.56. The average molecular weight is 211 g/mol. The Balaban J connectivity index is 2.84. The van der Waals surface area contributed by atoms with E-state index in [1.54, 1.807) is 12.3 Å². The molecule has 0 atom stereocenters. The van der Waals surface area contributed by atoms with Gasteiger partial charge in [0.05, 0.1) is 5.01 Å². The standard InChI is InChI=1S/C10H13NO2S/c1-10(2,3)9-11-6-7(14-9)4-5-8(12)13/h4-6H,1-3H3,(H,12,13)/b5-4+. The highest BCUT2D eigenvalue weighted by Gasteiger charge is 2.17. The normalized spacial score (nSPS) is 12.2. The predicted molar refractivity (Wildman–Crippen MR) is 57.5 cm³/mol. The van der Waals surface area contributed by atoms with Gasteiger partial charge in [0.2, 0.25) is 0 Å². The van der Waals surface area contributed by atoms with E-state index in [9.17, 15) is 4.79 Å². The van der Waals surface area contributed by atoms with Crippen molar-refractivity contribution in [2.24, 2.45) is 0 Å². The Kier molecular flexibility index (Phi) is 3.06. The highest BCUT2D eigenvalue weighted by Crippen LogP contribution is 2.27. The SMILES string of the molecule is CC(C)(C)c1ncc(/C=C/C(=O)O)s1. The van der Waals surface area contributed by atoms with Gasteiger partial charge < -0.3 is 5.11 Å². The van der Waals surface area contributed by atoms with Crippen LogP contribution in [0.1, 0.15) is 30.7 Å². The number of hydrogen-bond acceptors (Lipinski definition) is 3. The van der Waals surface area contributed by atoms with Crippen molar-refractivity contribution in [3.05, 3.63) is 22.2 Å². The Morgan fingerprint density at radius 3 is 2.64 bits per heavy atom. The van der Waals surface area contributed by atoms with Crippen molar-refractivity contribution in [1.29, 1.82) is 0 Å². The molecule has 1 aromatic heterocycles. The van der Waals surface area contributed by atoms with Crippen LogP contribution in [0.4, 0.5) is 0 Å². The summed E-state index contributed by atoms with van der Waals surface area (Å²) in [7, 11) is 0. The quantitative estimate of drug-likeness (QED) is 0.765. The van der Waals surface area contributed by atoms with Crippen molar-refractivity contribution in [2.45, 2.75) is 26.2 Å². The number of carboxylic acids is 1. The fourth-order valence-corrected chi connectivity index (χ4v) is 1.74. The van der Waals surface area contributed by atoms with Gasteiger partial charge in [-0.05, 0) is 6.08 Å². The Hall–Kier alpha value is -1.16. The van der Waals surface area contributed by atoms with Crippen molar-refractivity contribution >= 4 is 23.4 Å². The molecule has 1 heterocycles. The van der Waals surface area contributed by atoms with Crippen LogP contribution >= 0.6 is 11.3 Å². The van der Waals surface area contributed by atoms with E-state index >= 15 is 0 Å². The van der Waals surface area contributed by atoms with Gasteiger partial charge in [-0.3, -0.25) is 0 Å². The smallest absolute Gasteiger partial charge is 0.328 e. The maximum Gasteiger partial charge on any atom is 0.328 e. The van der Waals surface area contributed by atoms with E-state index in [1.165, 1.54) is 11.3 Å². The molecule has 0 aliphatic carbocycles. The van der Waals surface area contributed by atoms with Crippen molar-refractivity contribution in [3.8, 4) is 0 Å². The fraction of sp³-hybridized carbons (Fsp3) is 0.400. The molecule has 0 aromatic carbocycles. The first-order valence-electron chi connectivity index (χ1n) is 4.27. The average Bonchev–Trinajstić information content (AvgIpc) is 2.47. The molecule has 14 heavy (non-hydrogen) atoms. The zero-order chi connectivity index (χ0) is 10.8. The van der Waals surface area contributed by atoms with E-state index in [2.05, 4.69) is 25.8 Å². The Bertz CT molecular complexity index is 360. The number of aliphatic carboxylic acids is 1. The molecule has 0 amide bonds. The minimum Gasteiger partial charge on any atom is -0.478 e. The van der Waals surface area contributed by atoms with Crippen molar-refractivity contribution < 1.29 is 9.90 Å². The van der Waals surface area contributed by atoms with Crippen LogP contribution in [-0.2, 0) is 10.2 Å². The number of aromatic nitrogens is 1. The highest BCUT2D eigenvalue weighted by molar-refractivity contribution is 7.12.